The van der Waals surface area contributed by atoms with E-state index in [2.05, 4.69) is 10.1 Å². The van der Waals surface area contributed by atoms with Crippen LogP contribution < -0.4 is 5.32 Å². The van der Waals surface area contributed by atoms with Gasteiger partial charge in [0.05, 0.1) is 7.11 Å². The number of nitrogens with one attached hydrogen (secondary N) is 1. The molecule has 0 spiro atoms. The molecule has 3 nitrogen and oxygen atoms in total. The molecule has 0 amide bonds. The first-order chi connectivity index (χ1) is 7.52. The summed E-state index contributed by atoms with van der Waals surface area (Å²) in [4.78, 5) is 11.1. The van der Waals surface area contributed by atoms with Crippen LogP contribution in [0.5, 0.6) is 0 Å². The molecule has 0 aliphatic heterocycles. The lowest BCUT2D eigenvalue weighted by molar-refractivity contribution is -0.142. The van der Waals surface area contributed by atoms with Crippen molar-refractivity contribution in [3.8, 4) is 0 Å². The molecule has 0 heterocycles. The first kappa shape index (κ1) is 13.3. The Kier molecular flexibility index (Phi) is 5.06. The smallest absolute Gasteiger partial charge is 0.322 e. The van der Waals surface area contributed by atoms with Crippen molar-refractivity contribution in [2.75, 3.05) is 7.11 Å². The highest BCUT2D eigenvalue weighted by Gasteiger charge is 2.11. The standard InChI is InChI=1S/C11H13Cl2NO2/c1-7(11(15)16-2)14-6-8-3-9(12)5-10(13)4-8/h3-5,7,14H,6H2,1-2H3/t7-/m0/s1. The zero-order valence-electron chi connectivity index (χ0n) is 9.09. The Morgan fingerprint density at radius 2 is 1.94 bits per heavy atom. The van der Waals surface area contributed by atoms with Gasteiger partial charge in [0.15, 0.2) is 0 Å². The van der Waals surface area contributed by atoms with Crippen molar-refractivity contribution >= 4 is 29.2 Å². The minimum atomic E-state index is -0.359. The molecule has 0 saturated carbocycles. The summed E-state index contributed by atoms with van der Waals surface area (Å²) in [6.07, 6.45) is 0. The van der Waals surface area contributed by atoms with E-state index in [1.54, 1.807) is 25.1 Å². The van der Waals surface area contributed by atoms with Crippen molar-refractivity contribution in [3.05, 3.63) is 33.8 Å². The molecule has 0 fully saturated rings. The van der Waals surface area contributed by atoms with Crippen LogP contribution in [0.3, 0.4) is 0 Å². The molecule has 88 valence electrons. The quantitative estimate of drug-likeness (QED) is 0.848. The Morgan fingerprint density at radius 1 is 1.38 bits per heavy atom. The molecule has 0 radical (unpaired) electrons. The second-order valence-electron chi connectivity index (χ2n) is 3.40. The zero-order chi connectivity index (χ0) is 12.1. The van der Waals surface area contributed by atoms with Crippen molar-refractivity contribution in [1.82, 2.24) is 5.32 Å². The van der Waals surface area contributed by atoms with E-state index in [1.165, 1.54) is 7.11 Å². The maximum atomic E-state index is 11.1. The minimum Gasteiger partial charge on any atom is -0.468 e. The molecule has 1 aromatic rings. The summed E-state index contributed by atoms with van der Waals surface area (Å²) in [6, 6.07) is 4.90. The monoisotopic (exact) mass is 261 g/mol. The lowest BCUT2D eigenvalue weighted by Crippen LogP contribution is -2.34. The molecule has 1 aromatic carbocycles. The summed E-state index contributed by atoms with van der Waals surface area (Å²) in [7, 11) is 1.36. The molecule has 0 aromatic heterocycles. The van der Waals surface area contributed by atoms with Crippen molar-refractivity contribution in [3.63, 3.8) is 0 Å². The van der Waals surface area contributed by atoms with E-state index in [0.29, 0.717) is 16.6 Å². The van der Waals surface area contributed by atoms with Crippen molar-refractivity contribution in [1.29, 1.82) is 0 Å². The fourth-order valence-electron chi connectivity index (χ4n) is 1.24. The summed E-state index contributed by atoms with van der Waals surface area (Å²) in [6.45, 7) is 2.24. The number of carbonyl (C=O) groups excluding carboxylic acids is 1. The molecular formula is C11H13Cl2NO2. The lowest BCUT2D eigenvalue weighted by Gasteiger charge is -2.11. The van der Waals surface area contributed by atoms with Gasteiger partial charge in [0.25, 0.3) is 0 Å². The van der Waals surface area contributed by atoms with Crippen LogP contribution in [0.15, 0.2) is 18.2 Å². The largest absolute Gasteiger partial charge is 0.468 e. The Labute approximate surface area is 105 Å². The zero-order valence-corrected chi connectivity index (χ0v) is 10.6. The molecule has 1 rings (SSSR count). The van der Waals surface area contributed by atoms with Crippen molar-refractivity contribution in [2.45, 2.75) is 19.5 Å². The van der Waals surface area contributed by atoms with Gasteiger partial charge in [-0.1, -0.05) is 23.2 Å². The number of rotatable bonds is 4. The molecular weight excluding hydrogens is 249 g/mol. The molecule has 16 heavy (non-hydrogen) atoms. The van der Waals surface area contributed by atoms with Gasteiger partial charge in [-0.3, -0.25) is 4.79 Å². The van der Waals surface area contributed by atoms with Gasteiger partial charge < -0.3 is 10.1 Å². The van der Waals surface area contributed by atoms with Gasteiger partial charge in [-0.2, -0.15) is 0 Å². The maximum absolute atomic E-state index is 11.1. The number of hydrogen-bond donors (Lipinski definition) is 1. The topological polar surface area (TPSA) is 38.3 Å². The van der Waals surface area contributed by atoms with E-state index in [0.717, 1.165) is 5.56 Å². The molecule has 0 aliphatic carbocycles. The number of hydrogen-bond acceptors (Lipinski definition) is 3. The Morgan fingerprint density at radius 3 is 2.44 bits per heavy atom. The van der Waals surface area contributed by atoms with E-state index in [4.69, 9.17) is 23.2 Å². The van der Waals surface area contributed by atoms with Gasteiger partial charge in [0.2, 0.25) is 0 Å². The van der Waals surface area contributed by atoms with E-state index in [9.17, 15) is 4.79 Å². The average Bonchev–Trinajstić information content (AvgIpc) is 2.23. The SMILES string of the molecule is COC(=O)[C@H](C)NCc1cc(Cl)cc(Cl)c1. The predicted molar refractivity (Wildman–Crippen MR) is 64.8 cm³/mol. The highest BCUT2D eigenvalue weighted by molar-refractivity contribution is 6.34. The Balaban J connectivity index is 2.57. The molecule has 0 aliphatic rings. The Hall–Kier alpha value is -0.770. The first-order valence-electron chi connectivity index (χ1n) is 4.79. The van der Waals surface area contributed by atoms with Gasteiger partial charge in [-0.05, 0) is 30.7 Å². The number of carbonyl (C=O) groups is 1. The van der Waals surface area contributed by atoms with Crippen LogP contribution in [0.2, 0.25) is 10.0 Å². The minimum absolute atomic E-state index is 0.298. The van der Waals surface area contributed by atoms with Gasteiger partial charge in [-0.25, -0.2) is 0 Å². The molecule has 0 unspecified atom stereocenters. The molecule has 0 bridgehead atoms. The van der Waals surface area contributed by atoms with Gasteiger partial charge in [0, 0.05) is 16.6 Å². The van der Waals surface area contributed by atoms with E-state index >= 15 is 0 Å². The summed E-state index contributed by atoms with van der Waals surface area (Å²) in [5.74, 6) is -0.298. The van der Waals surface area contributed by atoms with Crippen LogP contribution >= 0.6 is 23.2 Å². The molecule has 0 saturated heterocycles. The lowest BCUT2D eigenvalue weighted by atomic mass is 10.2. The number of halogens is 2. The van der Waals surface area contributed by atoms with E-state index in [1.807, 2.05) is 0 Å². The second kappa shape index (κ2) is 6.09. The fourth-order valence-corrected chi connectivity index (χ4v) is 1.82. The van der Waals surface area contributed by atoms with Gasteiger partial charge >= 0.3 is 5.97 Å². The van der Waals surface area contributed by atoms with E-state index < -0.39 is 0 Å². The average molecular weight is 262 g/mol. The maximum Gasteiger partial charge on any atom is 0.322 e. The Bertz CT molecular complexity index is 362. The predicted octanol–water partition coefficient (Wildman–Crippen LogP) is 2.64. The fraction of sp³-hybridized carbons (Fsp3) is 0.364. The van der Waals surface area contributed by atoms with Crippen molar-refractivity contribution in [2.24, 2.45) is 0 Å². The van der Waals surface area contributed by atoms with Gasteiger partial charge in [-0.15, -0.1) is 0 Å². The number of ether oxygens (including phenoxy) is 1. The summed E-state index contributed by atoms with van der Waals surface area (Å²) < 4.78 is 4.59. The van der Waals surface area contributed by atoms with Crippen LogP contribution in [0.4, 0.5) is 0 Å². The third-order valence-corrected chi connectivity index (χ3v) is 2.53. The summed E-state index contributed by atoms with van der Waals surface area (Å²) in [5.41, 5.74) is 0.924. The summed E-state index contributed by atoms with van der Waals surface area (Å²) >= 11 is 11.7. The third-order valence-electron chi connectivity index (χ3n) is 2.09. The first-order valence-corrected chi connectivity index (χ1v) is 5.54. The highest BCUT2D eigenvalue weighted by atomic mass is 35.5. The van der Waals surface area contributed by atoms with Crippen LogP contribution in [-0.4, -0.2) is 19.1 Å². The highest BCUT2D eigenvalue weighted by Crippen LogP contribution is 2.18. The third kappa shape index (κ3) is 4.00. The van der Waals surface area contributed by atoms with Gasteiger partial charge in [0.1, 0.15) is 6.04 Å². The molecule has 1 atom stereocenters. The number of esters is 1. The summed E-state index contributed by atoms with van der Waals surface area (Å²) in [5, 5.41) is 4.17. The number of methoxy groups -OCH3 is 1. The van der Waals surface area contributed by atoms with Crippen LogP contribution in [0.25, 0.3) is 0 Å². The normalized spacial score (nSPS) is 12.2. The van der Waals surface area contributed by atoms with Crippen LogP contribution in [0, 0.1) is 0 Å². The second-order valence-corrected chi connectivity index (χ2v) is 4.28. The van der Waals surface area contributed by atoms with E-state index in [-0.39, 0.29) is 12.0 Å². The molecule has 1 N–H and O–H groups in total. The van der Waals surface area contributed by atoms with Crippen LogP contribution in [0.1, 0.15) is 12.5 Å². The van der Waals surface area contributed by atoms with Crippen LogP contribution in [-0.2, 0) is 16.1 Å². The van der Waals surface area contributed by atoms with Crippen molar-refractivity contribution < 1.29 is 9.53 Å². The number of benzene rings is 1. The molecule has 5 heteroatoms.